The van der Waals surface area contributed by atoms with Crippen LogP contribution in [0.4, 0.5) is 35.1 Å². The predicted molar refractivity (Wildman–Crippen MR) is 70.3 cm³/mol. The van der Waals surface area contributed by atoms with Gasteiger partial charge in [0.2, 0.25) is 0 Å². The van der Waals surface area contributed by atoms with E-state index in [0.717, 1.165) is 0 Å². The highest BCUT2D eigenvalue weighted by Crippen LogP contribution is 2.52. The number of nitrogens with one attached hydrogen (secondary N) is 2. The topological polar surface area (TPSA) is 133 Å². The van der Waals surface area contributed by atoms with Gasteiger partial charge in [0.05, 0.1) is 0 Å². The number of alkyl halides is 8. The average Bonchev–Trinajstić information content (AvgIpc) is 2.53. The van der Waals surface area contributed by atoms with Gasteiger partial charge in [-0.15, -0.1) is 0 Å². The van der Waals surface area contributed by atoms with Crippen LogP contribution in [-0.2, 0) is 19.2 Å². The third kappa shape index (κ3) is 4.24. The molecule has 0 aliphatic rings. The van der Waals surface area contributed by atoms with Gasteiger partial charge in [-0.3, -0.25) is 19.2 Å². The van der Waals surface area contributed by atoms with E-state index >= 15 is 0 Å². The van der Waals surface area contributed by atoms with Gasteiger partial charge in [0.1, 0.15) is 12.1 Å². The lowest BCUT2D eigenvalue weighted by Crippen LogP contribution is -2.70. The number of hydrogen-bond donors (Lipinski definition) is 4. The summed E-state index contributed by atoms with van der Waals surface area (Å²) in [7, 11) is 0. The van der Waals surface area contributed by atoms with Crippen LogP contribution in [0.15, 0.2) is 0 Å². The van der Waals surface area contributed by atoms with Gasteiger partial charge in [-0.2, -0.15) is 35.1 Å². The van der Waals surface area contributed by atoms with Crippen molar-refractivity contribution in [1.82, 2.24) is 10.6 Å². The molecule has 0 rings (SSSR count). The molecule has 0 saturated heterocycles. The van der Waals surface area contributed by atoms with Crippen LogP contribution in [0.1, 0.15) is 13.8 Å². The van der Waals surface area contributed by atoms with Crippen LogP contribution in [0.5, 0.6) is 0 Å². The summed E-state index contributed by atoms with van der Waals surface area (Å²) < 4.78 is 108. The SMILES string of the molecule is C[C@@H](NC(=O)C(F)(F)C(F)(F)C(F)(F)C(F)(F)C(=O)N[C@H](C)C(=O)O)C(=O)O. The van der Waals surface area contributed by atoms with Gasteiger partial charge in [-0.1, -0.05) is 0 Å². The Morgan fingerprint density at radius 1 is 0.643 bits per heavy atom. The van der Waals surface area contributed by atoms with Crippen molar-refractivity contribution in [3.05, 3.63) is 0 Å². The molecule has 0 aliphatic heterocycles. The molecule has 0 aromatic heterocycles. The van der Waals surface area contributed by atoms with Crippen molar-refractivity contribution in [2.24, 2.45) is 0 Å². The largest absolute Gasteiger partial charge is 0.480 e. The number of carboxylic acid groups (broad SMARTS) is 2. The van der Waals surface area contributed by atoms with Gasteiger partial charge in [0, 0.05) is 0 Å². The van der Waals surface area contributed by atoms with Crippen molar-refractivity contribution >= 4 is 23.8 Å². The van der Waals surface area contributed by atoms with Crippen molar-refractivity contribution in [1.29, 1.82) is 0 Å². The van der Waals surface area contributed by atoms with Gasteiger partial charge in [0.25, 0.3) is 11.8 Å². The second kappa shape index (κ2) is 7.75. The first-order chi connectivity index (χ1) is 12.2. The first-order valence-electron chi connectivity index (χ1n) is 6.83. The minimum Gasteiger partial charge on any atom is -0.480 e. The van der Waals surface area contributed by atoms with E-state index in [1.165, 1.54) is 0 Å². The smallest absolute Gasteiger partial charge is 0.392 e. The molecule has 16 heteroatoms. The molecule has 4 N–H and O–H groups in total. The maximum absolute atomic E-state index is 13.5. The first-order valence-corrected chi connectivity index (χ1v) is 6.83. The van der Waals surface area contributed by atoms with Gasteiger partial charge in [0.15, 0.2) is 0 Å². The average molecular weight is 432 g/mol. The fourth-order valence-electron chi connectivity index (χ4n) is 1.38. The Hall–Kier alpha value is -2.68. The van der Waals surface area contributed by atoms with Crippen LogP contribution in [0.3, 0.4) is 0 Å². The third-order valence-corrected chi connectivity index (χ3v) is 3.19. The monoisotopic (exact) mass is 432 g/mol. The minimum absolute atomic E-state index is 0.474. The summed E-state index contributed by atoms with van der Waals surface area (Å²) in [5.74, 6) is -38.3. The lowest BCUT2D eigenvalue weighted by Gasteiger charge is -2.35. The second-order valence-electron chi connectivity index (χ2n) is 5.36. The molecule has 0 bridgehead atoms. The summed E-state index contributed by atoms with van der Waals surface area (Å²) in [5, 5.41) is 18.1. The summed E-state index contributed by atoms with van der Waals surface area (Å²) in [6.45, 7) is 0.948. The molecular weight excluding hydrogens is 420 g/mol. The van der Waals surface area contributed by atoms with E-state index in [1.807, 2.05) is 0 Å². The Bertz CT molecular complexity index is 613. The molecule has 0 radical (unpaired) electrons. The minimum atomic E-state index is -7.20. The molecule has 0 spiro atoms. The number of hydrogen-bond acceptors (Lipinski definition) is 4. The Kier molecular flexibility index (Phi) is 7.00. The highest BCUT2D eigenvalue weighted by molar-refractivity contribution is 5.91. The summed E-state index contributed by atoms with van der Waals surface area (Å²) in [6, 6.07) is -4.58. The van der Waals surface area contributed by atoms with Crippen LogP contribution in [-0.4, -0.2) is 69.7 Å². The molecule has 0 fully saturated rings. The second-order valence-corrected chi connectivity index (χ2v) is 5.36. The maximum Gasteiger partial charge on any atom is 0.392 e. The van der Waals surface area contributed by atoms with Crippen LogP contribution >= 0.6 is 0 Å². The van der Waals surface area contributed by atoms with E-state index in [1.54, 1.807) is 0 Å². The predicted octanol–water partition coefficient (Wildman–Crippen LogP) is 0.706. The zero-order valence-electron chi connectivity index (χ0n) is 13.7. The molecule has 28 heavy (non-hydrogen) atoms. The first kappa shape index (κ1) is 25.3. The van der Waals surface area contributed by atoms with Gasteiger partial charge < -0.3 is 20.8 Å². The molecule has 0 saturated carbocycles. The van der Waals surface area contributed by atoms with Crippen molar-refractivity contribution < 1.29 is 64.5 Å². The molecule has 2 atom stereocenters. The van der Waals surface area contributed by atoms with Crippen molar-refractivity contribution in [3.8, 4) is 0 Å². The van der Waals surface area contributed by atoms with Crippen molar-refractivity contribution in [3.63, 3.8) is 0 Å². The molecule has 0 aromatic carbocycles. The van der Waals surface area contributed by atoms with E-state index in [2.05, 4.69) is 0 Å². The number of rotatable bonds is 9. The zero-order valence-corrected chi connectivity index (χ0v) is 13.7. The Balaban J connectivity index is 5.93. The van der Waals surface area contributed by atoms with Crippen LogP contribution < -0.4 is 10.6 Å². The Labute approximate surface area is 149 Å². The summed E-state index contributed by atoms with van der Waals surface area (Å²) in [5.41, 5.74) is 0. The van der Waals surface area contributed by atoms with Crippen LogP contribution in [0.25, 0.3) is 0 Å². The van der Waals surface area contributed by atoms with Crippen LogP contribution in [0.2, 0.25) is 0 Å². The lowest BCUT2D eigenvalue weighted by atomic mass is 9.97. The highest BCUT2D eigenvalue weighted by Gasteiger charge is 2.84. The normalized spacial score (nSPS) is 15.4. The lowest BCUT2D eigenvalue weighted by molar-refractivity contribution is -0.347. The molecule has 0 aromatic rings. The van der Waals surface area contributed by atoms with E-state index in [4.69, 9.17) is 10.2 Å². The molecule has 0 heterocycles. The van der Waals surface area contributed by atoms with Gasteiger partial charge in [-0.05, 0) is 13.8 Å². The van der Waals surface area contributed by atoms with E-state index < -0.39 is 59.5 Å². The van der Waals surface area contributed by atoms with E-state index in [0.29, 0.717) is 24.5 Å². The van der Waals surface area contributed by atoms with Crippen molar-refractivity contribution in [2.75, 3.05) is 0 Å². The van der Waals surface area contributed by atoms with E-state index in [-0.39, 0.29) is 0 Å². The Morgan fingerprint density at radius 2 is 0.857 bits per heavy atom. The number of carbonyl (C=O) groups excluding carboxylic acids is 2. The summed E-state index contributed by atoms with van der Waals surface area (Å²) >= 11 is 0. The molecule has 0 unspecified atom stereocenters. The number of carboxylic acids is 2. The molecule has 0 aliphatic carbocycles. The number of aliphatic carboxylic acids is 2. The van der Waals surface area contributed by atoms with Crippen molar-refractivity contribution in [2.45, 2.75) is 49.6 Å². The molecule has 8 nitrogen and oxygen atoms in total. The fourth-order valence-corrected chi connectivity index (χ4v) is 1.38. The van der Waals surface area contributed by atoms with Crippen LogP contribution in [0, 0.1) is 0 Å². The van der Waals surface area contributed by atoms with Gasteiger partial charge >= 0.3 is 35.6 Å². The number of carbonyl (C=O) groups is 4. The van der Waals surface area contributed by atoms with Gasteiger partial charge in [-0.25, -0.2) is 0 Å². The molecule has 2 amide bonds. The third-order valence-electron chi connectivity index (χ3n) is 3.19. The Morgan fingerprint density at radius 3 is 1.04 bits per heavy atom. The highest BCUT2D eigenvalue weighted by atomic mass is 19.4. The summed E-state index contributed by atoms with van der Waals surface area (Å²) in [6.07, 6.45) is 0. The zero-order chi connectivity index (χ0) is 22.9. The number of halogens is 8. The van der Waals surface area contributed by atoms with E-state index in [9.17, 15) is 54.3 Å². The summed E-state index contributed by atoms with van der Waals surface area (Å²) in [4.78, 5) is 42.9. The standard InChI is InChI=1S/C12H12F8N2O6/c1-3(5(23)24)21-7(27)9(13,14)11(17,18)12(19,20)10(15,16)8(28)22-4(2)6(25)26/h3-4H,1-2H3,(H,21,27)(H,22,28)(H,23,24)(H,25,26)/t3-,4-/m1/s1. The molecular formula is C12H12F8N2O6. The fraction of sp³-hybridized carbons (Fsp3) is 0.667. The quantitative estimate of drug-likeness (QED) is 0.397. The number of amides is 2. The molecule has 162 valence electrons. The maximum atomic E-state index is 13.5.